The molecule has 0 radical (unpaired) electrons. The van der Waals surface area contributed by atoms with Crippen LogP contribution in [0.3, 0.4) is 0 Å². The van der Waals surface area contributed by atoms with Gasteiger partial charge in [-0.05, 0) is 55.8 Å². The van der Waals surface area contributed by atoms with Crippen LogP contribution in [-0.2, 0) is 21.0 Å². The maximum atomic E-state index is 13.5. The maximum absolute atomic E-state index is 13.5. The Morgan fingerprint density at radius 1 is 1.20 bits per heavy atom. The number of nitrogens with one attached hydrogen (secondary N) is 2. The highest BCUT2D eigenvalue weighted by Crippen LogP contribution is 2.36. The van der Waals surface area contributed by atoms with E-state index in [0.717, 1.165) is 31.5 Å². The van der Waals surface area contributed by atoms with E-state index in [9.17, 15) is 26.4 Å². The van der Waals surface area contributed by atoms with Gasteiger partial charge in [0.15, 0.2) is 0 Å². The van der Waals surface area contributed by atoms with Gasteiger partial charge in [0.2, 0.25) is 15.9 Å². The van der Waals surface area contributed by atoms with E-state index in [4.69, 9.17) is 0 Å². The average molecular weight is 448 g/mol. The van der Waals surface area contributed by atoms with Crippen molar-refractivity contribution in [2.24, 2.45) is 0 Å². The number of sulfonamides is 1. The van der Waals surface area contributed by atoms with E-state index in [2.05, 4.69) is 10.0 Å². The maximum Gasteiger partial charge on any atom is 0.417 e. The summed E-state index contributed by atoms with van der Waals surface area (Å²) in [5.41, 5.74) is -0.727. The Bertz CT molecular complexity index is 873. The zero-order valence-corrected chi connectivity index (χ0v) is 17.9. The van der Waals surface area contributed by atoms with Gasteiger partial charge < -0.3 is 10.2 Å². The molecule has 2 fully saturated rings. The summed E-state index contributed by atoms with van der Waals surface area (Å²) in [6.45, 7) is 5.06. The molecule has 2 aliphatic heterocycles. The first-order chi connectivity index (χ1) is 14.0. The molecule has 1 aromatic carbocycles. The smallest absolute Gasteiger partial charge is 0.341 e. The van der Waals surface area contributed by atoms with Crippen molar-refractivity contribution in [3.05, 3.63) is 29.3 Å². The number of hydrogen-bond acceptors (Lipinski definition) is 4. The number of amides is 1. The quantitative estimate of drug-likeness (QED) is 0.728. The van der Waals surface area contributed by atoms with Gasteiger partial charge in [-0.2, -0.15) is 13.2 Å². The number of carbonyl (C=O) groups excluding carboxylic acids is 1. The van der Waals surface area contributed by atoms with Crippen LogP contribution in [0.25, 0.3) is 0 Å². The molecule has 2 saturated heterocycles. The van der Waals surface area contributed by atoms with E-state index in [-0.39, 0.29) is 17.9 Å². The monoisotopic (exact) mass is 447 g/mol. The predicted molar refractivity (Wildman–Crippen MR) is 106 cm³/mol. The van der Waals surface area contributed by atoms with Crippen molar-refractivity contribution in [1.29, 1.82) is 0 Å². The van der Waals surface area contributed by atoms with Crippen LogP contribution >= 0.6 is 0 Å². The van der Waals surface area contributed by atoms with E-state index in [1.54, 1.807) is 18.7 Å². The summed E-state index contributed by atoms with van der Waals surface area (Å²) in [5.74, 6) is -0.149. The number of rotatable bonds is 5. The third-order valence-corrected chi connectivity index (χ3v) is 7.33. The van der Waals surface area contributed by atoms with Crippen LogP contribution in [0.15, 0.2) is 23.1 Å². The molecule has 168 valence electrons. The highest BCUT2D eigenvalue weighted by Gasteiger charge is 2.39. The van der Waals surface area contributed by atoms with E-state index in [1.807, 2.05) is 0 Å². The lowest BCUT2D eigenvalue weighted by Gasteiger charge is -2.34. The Hall–Kier alpha value is -1.65. The fourth-order valence-electron chi connectivity index (χ4n) is 3.98. The molecule has 0 aliphatic carbocycles. The number of carbonyl (C=O) groups is 1. The molecular weight excluding hydrogens is 419 g/mol. The molecule has 2 N–H and O–H groups in total. The first kappa shape index (κ1) is 23.0. The van der Waals surface area contributed by atoms with Crippen molar-refractivity contribution in [2.45, 2.75) is 68.6 Å². The molecule has 2 heterocycles. The Labute approximate surface area is 175 Å². The Balaban J connectivity index is 1.71. The highest BCUT2D eigenvalue weighted by atomic mass is 32.2. The number of hydrogen-bond donors (Lipinski definition) is 2. The largest absolute Gasteiger partial charge is 0.417 e. The molecule has 3 rings (SSSR count). The highest BCUT2D eigenvalue weighted by molar-refractivity contribution is 7.89. The van der Waals surface area contributed by atoms with E-state index < -0.39 is 32.7 Å². The number of nitrogens with zero attached hydrogens (tertiary/aromatic N) is 1. The molecule has 0 aromatic heterocycles. The van der Waals surface area contributed by atoms with Crippen LogP contribution in [-0.4, -0.2) is 50.9 Å². The van der Waals surface area contributed by atoms with Crippen LogP contribution in [0.1, 0.15) is 56.6 Å². The Morgan fingerprint density at radius 2 is 1.87 bits per heavy atom. The van der Waals surface area contributed by atoms with Crippen molar-refractivity contribution >= 4 is 15.9 Å². The molecule has 6 nitrogen and oxygen atoms in total. The van der Waals surface area contributed by atoms with Crippen LogP contribution in [0.2, 0.25) is 0 Å². The predicted octanol–water partition coefficient (Wildman–Crippen LogP) is 2.85. The minimum Gasteiger partial charge on any atom is -0.341 e. The summed E-state index contributed by atoms with van der Waals surface area (Å²) >= 11 is 0. The van der Waals surface area contributed by atoms with Crippen molar-refractivity contribution in [3.8, 4) is 0 Å². The van der Waals surface area contributed by atoms with Crippen molar-refractivity contribution in [1.82, 2.24) is 14.9 Å². The second-order valence-electron chi connectivity index (χ2n) is 8.28. The third kappa shape index (κ3) is 5.15. The number of piperidine rings is 1. The third-order valence-electron chi connectivity index (χ3n) is 5.75. The molecule has 30 heavy (non-hydrogen) atoms. The van der Waals surface area contributed by atoms with E-state index in [1.165, 1.54) is 6.07 Å². The molecule has 10 heteroatoms. The zero-order chi connectivity index (χ0) is 22.1. The fraction of sp³-hybridized carbons (Fsp3) is 0.650. The molecule has 0 bridgehead atoms. The SMILES string of the molecule is CC(C)c1ccc(S(=O)(=O)NC2CCN(C(=O)[C@@H]3CCCN3)CC2)c(C(F)(F)F)c1. The van der Waals surface area contributed by atoms with Gasteiger partial charge in [0.1, 0.15) is 0 Å². The summed E-state index contributed by atoms with van der Waals surface area (Å²) in [7, 11) is -4.36. The van der Waals surface area contributed by atoms with Gasteiger partial charge in [-0.15, -0.1) is 0 Å². The van der Waals surface area contributed by atoms with E-state index in [0.29, 0.717) is 31.5 Å². The lowest BCUT2D eigenvalue weighted by molar-refractivity contribution is -0.140. The lowest BCUT2D eigenvalue weighted by Crippen LogP contribution is -2.50. The normalized spacial score (nSPS) is 21.4. The van der Waals surface area contributed by atoms with Gasteiger partial charge >= 0.3 is 6.18 Å². The van der Waals surface area contributed by atoms with Crippen molar-refractivity contribution < 1.29 is 26.4 Å². The minimum atomic E-state index is -4.78. The van der Waals surface area contributed by atoms with Gasteiger partial charge in [-0.25, -0.2) is 13.1 Å². The average Bonchev–Trinajstić information content (AvgIpc) is 3.21. The van der Waals surface area contributed by atoms with Crippen LogP contribution in [0, 0.1) is 0 Å². The van der Waals surface area contributed by atoms with Crippen LogP contribution < -0.4 is 10.0 Å². The fourth-order valence-corrected chi connectivity index (χ4v) is 5.49. The summed E-state index contributed by atoms with van der Waals surface area (Å²) in [4.78, 5) is 13.4. The first-order valence-electron chi connectivity index (χ1n) is 10.2. The molecule has 1 amide bonds. The van der Waals surface area contributed by atoms with Gasteiger partial charge in [-0.3, -0.25) is 4.79 Å². The van der Waals surface area contributed by atoms with Gasteiger partial charge in [0.05, 0.1) is 16.5 Å². The Kier molecular flexibility index (Phi) is 6.78. The van der Waals surface area contributed by atoms with Gasteiger partial charge in [0, 0.05) is 19.1 Å². The zero-order valence-electron chi connectivity index (χ0n) is 17.1. The molecule has 2 aliphatic rings. The molecule has 0 unspecified atom stereocenters. The van der Waals surface area contributed by atoms with Crippen molar-refractivity contribution in [2.75, 3.05) is 19.6 Å². The van der Waals surface area contributed by atoms with Gasteiger partial charge in [0.25, 0.3) is 0 Å². The topological polar surface area (TPSA) is 78.5 Å². The summed E-state index contributed by atoms with van der Waals surface area (Å²) in [6.07, 6.45) is -2.31. The molecule has 1 atom stereocenters. The van der Waals surface area contributed by atoms with Gasteiger partial charge in [-0.1, -0.05) is 19.9 Å². The number of likely N-dealkylation sites (tertiary alicyclic amines) is 1. The minimum absolute atomic E-state index is 0.0115. The second-order valence-corrected chi connectivity index (χ2v) is 9.96. The second kappa shape index (κ2) is 8.84. The Morgan fingerprint density at radius 3 is 2.40 bits per heavy atom. The molecule has 0 saturated carbocycles. The summed E-state index contributed by atoms with van der Waals surface area (Å²) < 4.78 is 68.6. The molecular formula is C20H28F3N3O3S. The number of alkyl halides is 3. The first-order valence-corrected chi connectivity index (χ1v) is 11.7. The van der Waals surface area contributed by atoms with E-state index >= 15 is 0 Å². The summed E-state index contributed by atoms with van der Waals surface area (Å²) in [6, 6.07) is 2.66. The lowest BCUT2D eigenvalue weighted by atomic mass is 10.0. The van der Waals surface area contributed by atoms with Crippen LogP contribution in [0.4, 0.5) is 13.2 Å². The summed E-state index contributed by atoms with van der Waals surface area (Å²) in [5, 5.41) is 3.15. The molecule has 1 aromatic rings. The molecule has 0 spiro atoms. The standard InChI is InChI=1S/C20H28F3N3O3S/c1-13(2)14-5-6-18(16(12-14)20(21,22)23)30(28,29)25-15-7-10-26(11-8-15)19(27)17-4-3-9-24-17/h5-6,12-13,15,17,24-25H,3-4,7-11H2,1-2H3/t17-/m0/s1. The number of benzene rings is 1. The van der Waals surface area contributed by atoms with Crippen LogP contribution in [0.5, 0.6) is 0 Å². The number of halogens is 3. The van der Waals surface area contributed by atoms with Crippen molar-refractivity contribution in [3.63, 3.8) is 0 Å².